The summed E-state index contributed by atoms with van der Waals surface area (Å²) >= 11 is 0. The van der Waals surface area contributed by atoms with Crippen molar-refractivity contribution in [3.05, 3.63) is 65.9 Å². The lowest BCUT2D eigenvalue weighted by molar-refractivity contribution is 0.669. The Labute approximate surface area is 123 Å². The topological polar surface area (TPSA) is 26.0 Å². The van der Waals surface area contributed by atoms with Crippen molar-refractivity contribution in [1.82, 2.24) is 4.98 Å². The number of furan rings is 1. The maximum Gasteiger partial charge on any atom is 0.136 e. The molecule has 2 nitrogen and oxygen atoms in total. The highest BCUT2D eigenvalue weighted by Crippen LogP contribution is 2.31. The minimum atomic E-state index is 0.911. The molecule has 0 saturated carbocycles. The summed E-state index contributed by atoms with van der Waals surface area (Å²) in [5.41, 5.74) is 6.38. The number of hydrogen-bond donors (Lipinski definition) is 0. The van der Waals surface area contributed by atoms with E-state index in [4.69, 9.17) is 4.42 Å². The van der Waals surface area contributed by atoms with E-state index >= 15 is 0 Å². The summed E-state index contributed by atoms with van der Waals surface area (Å²) in [4.78, 5) is 4.53. The van der Waals surface area contributed by atoms with Crippen LogP contribution < -0.4 is 0 Å². The highest BCUT2D eigenvalue weighted by Gasteiger charge is 2.08. The third-order valence-electron chi connectivity index (χ3n) is 4.05. The Morgan fingerprint density at radius 3 is 2.48 bits per heavy atom. The highest BCUT2D eigenvalue weighted by molar-refractivity contribution is 6.05. The largest absolute Gasteiger partial charge is 0.456 e. The first-order valence-corrected chi connectivity index (χ1v) is 7.07. The third-order valence-corrected chi connectivity index (χ3v) is 4.05. The minimum Gasteiger partial charge on any atom is -0.456 e. The average Bonchev–Trinajstić information content (AvgIpc) is 2.87. The number of aromatic nitrogens is 1. The van der Waals surface area contributed by atoms with Crippen molar-refractivity contribution < 1.29 is 4.42 Å². The van der Waals surface area contributed by atoms with Gasteiger partial charge in [0.1, 0.15) is 11.2 Å². The second-order valence-corrected chi connectivity index (χ2v) is 5.46. The van der Waals surface area contributed by atoms with Crippen LogP contribution in [-0.4, -0.2) is 4.98 Å². The van der Waals surface area contributed by atoms with E-state index in [0.717, 1.165) is 33.2 Å². The molecule has 0 amide bonds. The standard InChI is InChI=1S/C19H15NO/c1-12-9-17(20-11-13(12)2)14-7-8-16-15-5-3-4-6-18(15)21-19(16)10-14/h3-11H,1-2H3. The van der Waals surface area contributed by atoms with Crippen molar-refractivity contribution >= 4 is 21.9 Å². The van der Waals surface area contributed by atoms with Crippen molar-refractivity contribution in [3.63, 3.8) is 0 Å². The van der Waals surface area contributed by atoms with E-state index < -0.39 is 0 Å². The molecule has 0 aliphatic rings. The summed E-state index contributed by atoms with van der Waals surface area (Å²) in [7, 11) is 0. The fourth-order valence-electron chi connectivity index (χ4n) is 2.67. The van der Waals surface area contributed by atoms with E-state index in [1.807, 2.05) is 24.4 Å². The summed E-state index contributed by atoms with van der Waals surface area (Å²) in [6, 6.07) is 16.6. The maximum absolute atomic E-state index is 5.94. The molecule has 4 rings (SSSR count). The number of rotatable bonds is 1. The Kier molecular flexibility index (Phi) is 2.58. The van der Waals surface area contributed by atoms with Gasteiger partial charge >= 0.3 is 0 Å². The molecule has 0 saturated heterocycles. The van der Waals surface area contributed by atoms with E-state index in [9.17, 15) is 0 Å². The number of aryl methyl sites for hydroxylation is 2. The van der Waals surface area contributed by atoms with Crippen LogP contribution >= 0.6 is 0 Å². The zero-order chi connectivity index (χ0) is 14.4. The number of pyridine rings is 1. The molecule has 102 valence electrons. The molecule has 0 atom stereocenters. The Balaban J connectivity index is 1.94. The van der Waals surface area contributed by atoms with Crippen molar-refractivity contribution in [2.45, 2.75) is 13.8 Å². The molecule has 0 radical (unpaired) electrons. The quantitative estimate of drug-likeness (QED) is 0.472. The van der Waals surface area contributed by atoms with Gasteiger partial charge in [-0.15, -0.1) is 0 Å². The average molecular weight is 273 g/mol. The van der Waals surface area contributed by atoms with Gasteiger partial charge in [-0.3, -0.25) is 4.98 Å². The Morgan fingerprint density at radius 1 is 0.810 bits per heavy atom. The first kappa shape index (κ1) is 12.2. The van der Waals surface area contributed by atoms with Gasteiger partial charge in [-0.25, -0.2) is 0 Å². The number of fused-ring (bicyclic) bond motifs is 3. The van der Waals surface area contributed by atoms with Crippen molar-refractivity contribution in [3.8, 4) is 11.3 Å². The normalized spacial score (nSPS) is 11.3. The predicted octanol–water partition coefficient (Wildman–Crippen LogP) is 5.26. The maximum atomic E-state index is 5.94. The number of para-hydroxylation sites is 1. The van der Waals surface area contributed by atoms with Crippen LogP contribution in [0.15, 0.2) is 59.1 Å². The second kappa shape index (κ2) is 4.45. The molecule has 0 bridgehead atoms. The lowest BCUT2D eigenvalue weighted by Crippen LogP contribution is -1.88. The summed E-state index contributed by atoms with van der Waals surface area (Å²) in [6.45, 7) is 4.19. The number of benzene rings is 2. The van der Waals surface area contributed by atoms with E-state index in [-0.39, 0.29) is 0 Å². The van der Waals surface area contributed by atoms with Gasteiger partial charge in [0.15, 0.2) is 0 Å². The van der Waals surface area contributed by atoms with Gasteiger partial charge in [0, 0.05) is 22.5 Å². The molecule has 0 spiro atoms. The van der Waals surface area contributed by atoms with Gasteiger partial charge in [0.05, 0.1) is 5.69 Å². The molecule has 2 heterocycles. The molecule has 2 aromatic carbocycles. The molecule has 2 heteroatoms. The summed E-state index contributed by atoms with van der Waals surface area (Å²) < 4.78 is 5.94. The van der Waals surface area contributed by atoms with E-state index in [1.165, 1.54) is 11.1 Å². The molecule has 0 unspecified atom stereocenters. The second-order valence-electron chi connectivity index (χ2n) is 5.46. The highest BCUT2D eigenvalue weighted by atomic mass is 16.3. The molecule has 0 fully saturated rings. The SMILES string of the molecule is Cc1cnc(-c2ccc3c(c2)oc2ccccc23)cc1C. The van der Waals surface area contributed by atoms with Gasteiger partial charge < -0.3 is 4.42 Å². The zero-order valence-corrected chi connectivity index (χ0v) is 12.1. The van der Waals surface area contributed by atoms with Gasteiger partial charge in [-0.05, 0) is 49.2 Å². The van der Waals surface area contributed by atoms with Crippen molar-refractivity contribution in [2.24, 2.45) is 0 Å². The van der Waals surface area contributed by atoms with Gasteiger partial charge in [-0.2, -0.15) is 0 Å². The van der Waals surface area contributed by atoms with Crippen molar-refractivity contribution in [2.75, 3.05) is 0 Å². The number of nitrogens with zero attached hydrogens (tertiary/aromatic N) is 1. The fourth-order valence-corrected chi connectivity index (χ4v) is 2.67. The smallest absolute Gasteiger partial charge is 0.136 e. The van der Waals surface area contributed by atoms with E-state index in [2.05, 4.69) is 49.2 Å². The van der Waals surface area contributed by atoms with Crippen LogP contribution in [0.4, 0.5) is 0 Å². The lowest BCUT2D eigenvalue weighted by Gasteiger charge is -2.04. The van der Waals surface area contributed by atoms with Crippen LogP contribution in [0.2, 0.25) is 0 Å². The van der Waals surface area contributed by atoms with Crippen LogP contribution in [0.1, 0.15) is 11.1 Å². The van der Waals surface area contributed by atoms with Crippen molar-refractivity contribution in [1.29, 1.82) is 0 Å². The first-order chi connectivity index (χ1) is 10.2. The molecular weight excluding hydrogens is 258 g/mol. The molecule has 2 aromatic heterocycles. The van der Waals surface area contributed by atoms with Crippen LogP contribution in [-0.2, 0) is 0 Å². The van der Waals surface area contributed by atoms with E-state index in [0.29, 0.717) is 0 Å². The zero-order valence-electron chi connectivity index (χ0n) is 12.1. The fraction of sp³-hybridized carbons (Fsp3) is 0.105. The molecule has 21 heavy (non-hydrogen) atoms. The van der Waals surface area contributed by atoms with Crippen LogP contribution in [0.5, 0.6) is 0 Å². The summed E-state index contributed by atoms with van der Waals surface area (Å²) in [6.07, 6.45) is 1.92. The number of hydrogen-bond acceptors (Lipinski definition) is 2. The van der Waals surface area contributed by atoms with Gasteiger partial charge in [0.2, 0.25) is 0 Å². The minimum absolute atomic E-state index is 0.911. The summed E-state index contributed by atoms with van der Waals surface area (Å²) in [5, 5.41) is 2.31. The lowest BCUT2D eigenvalue weighted by atomic mass is 10.1. The Morgan fingerprint density at radius 2 is 1.62 bits per heavy atom. The third kappa shape index (κ3) is 1.91. The van der Waals surface area contributed by atoms with Gasteiger partial charge in [0.25, 0.3) is 0 Å². The van der Waals surface area contributed by atoms with Gasteiger partial charge in [-0.1, -0.05) is 24.3 Å². The first-order valence-electron chi connectivity index (χ1n) is 7.07. The molecule has 0 aliphatic heterocycles. The molecule has 0 N–H and O–H groups in total. The Bertz CT molecular complexity index is 966. The van der Waals surface area contributed by atoms with Crippen LogP contribution in [0.3, 0.4) is 0 Å². The summed E-state index contributed by atoms with van der Waals surface area (Å²) in [5.74, 6) is 0. The predicted molar refractivity (Wildman–Crippen MR) is 86.4 cm³/mol. The van der Waals surface area contributed by atoms with Crippen LogP contribution in [0, 0.1) is 13.8 Å². The molecule has 0 aliphatic carbocycles. The molecular formula is C19H15NO. The monoisotopic (exact) mass is 273 g/mol. The van der Waals surface area contributed by atoms with E-state index in [1.54, 1.807) is 0 Å². The Hall–Kier alpha value is -2.61. The van der Waals surface area contributed by atoms with Crippen LogP contribution in [0.25, 0.3) is 33.2 Å². The molecule has 4 aromatic rings.